The van der Waals surface area contributed by atoms with Gasteiger partial charge in [-0.05, 0) is 19.4 Å². The summed E-state index contributed by atoms with van der Waals surface area (Å²) in [5, 5.41) is 3.53. The molecule has 15 heavy (non-hydrogen) atoms. The second-order valence-corrected chi connectivity index (χ2v) is 4.69. The SMILES string of the molecule is Cc1cc(C)c2c(c1)C(NC(C)C)CO2. The second-order valence-electron chi connectivity index (χ2n) is 4.69. The molecule has 1 heterocycles. The van der Waals surface area contributed by atoms with Crippen LogP contribution in [0.4, 0.5) is 0 Å². The van der Waals surface area contributed by atoms with E-state index in [1.54, 1.807) is 0 Å². The van der Waals surface area contributed by atoms with E-state index in [1.165, 1.54) is 16.7 Å². The molecule has 82 valence electrons. The third-order valence-corrected chi connectivity index (χ3v) is 2.75. The number of nitrogens with one attached hydrogen (secondary N) is 1. The zero-order chi connectivity index (χ0) is 11.0. The number of fused-ring (bicyclic) bond motifs is 1. The maximum Gasteiger partial charge on any atom is 0.127 e. The lowest BCUT2D eigenvalue weighted by Gasteiger charge is -2.15. The molecular weight excluding hydrogens is 186 g/mol. The molecule has 0 amide bonds. The number of hydrogen-bond acceptors (Lipinski definition) is 2. The van der Waals surface area contributed by atoms with Crippen LogP contribution in [0.5, 0.6) is 5.75 Å². The number of ether oxygens (including phenoxy) is 1. The zero-order valence-electron chi connectivity index (χ0n) is 9.92. The van der Waals surface area contributed by atoms with Crippen LogP contribution in [0.25, 0.3) is 0 Å². The van der Waals surface area contributed by atoms with Crippen LogP contribution in [0.2, 0.25) is 0 Å². The summed E-state index contributed by atoms with van der Waals surface area (Å²) in [5.74, 6) is 1.08. The zero-order valence-corrected chi connectivity index (χ0v) is 9.92. The van der Waals surface area contributed by atoms with Crippen molar-refractivity contribution in [3.8, 4) is 5.75 Å². The molecule has 2 nitrogen and oxygen atoms in total. The lowest BCUT2D eigenvalue weighted by molar-refractivity contribution is 0.302. The minimum atomic E-state index is 0.360. The van der Waals surface area contributed by atoms with Crippen molar-refractivity contribution in [2.45, 2.75) is 39.8 Å². The Morgan fingerprint density at radius 1 is 1.33 bits per heavy atom. The summed E-state index contributed by atoms with van der Waals surface area (Å²) in [7, 11) is 0. The topological polar surface area (TPSA) is 21.3 Å². The van der Waals surface area contributed by atoms with Gasteiger partial charge in [-0.3, -0.25) is 0 Å². The van der Waals surface area contributed by atoms with Gasteiger partial charge in [-0.15, -0.1) is 0 Å². The first-order valence-corrected chi connectivity index (χ1v) is 5.58. The summed E-state index contributed by atoms with van der Waals surface area (Å²) in [5.41, 5.74) is 3.88. The molecule has 1 aromatic carbocycles. The van der Waals surface area contributed by atoms with Crippen LogP contribution in [0.15, 0.2) is 12.1 Å². The maximum absolute atomic E-state index is 5.74. The van der Waals surface area contributed by atoms with Crippen LogP contribution in [-0.2, 0) is 0 Å². The Balaban J connectivity index is 2.33. The Morgan fingerprint density at radius 2 is 2.07 bits per heavy atom. The molecule has 0 radical (unpaired) electrons. The fourth-order valence-corrected chi connectivity index (χ4v) is 2.24. The Hall–Kier alpha value is -1.02. The number of benzene rings is 1. The molecule has 0 saturated carbocycles. The highest BCUT2D eigenvalue weighted by molar-refractivity contribution is 5.47. The van der Waals surface area contributed by atoms with Crippen LogP contribution < -0.4 is 10.1 Å². The largest absolute Gasteiger partial charge is 0.491 e. The molecule has 1 unspecified atom stereocenters. The maximum atomic E-state index is 5.74. The summed E-state index contributed by atoms with van der Waals surface area (Å²) >= 11 is 0. The van der Waals surface area contributed by atoms with Gasteiger partial charge in [-0.1, -0.05) is 31.5 Å². The van der Waals surface area contributed by atoms with E-state index in [1.807, 2.05) is 0 Å². The van der Waals surface area contributed by atoms with E-state index in [9.17, 15) is 0 Å². The van der Waals surface area contributed by atoms with Crippen LogP contribution in [0.3, 0.4) is 0 Å². The Bertz CT molecular complexity index is 371. The van der Waals surface area contributed by atoms with Gasteiger partial charge in [0.15, 0.2) is 0 Å². The molecule has 1 aromatic rings. The van der Waals surface area contributed by atoms with E-state index in [0.717, 1.165) is 12.4 Å². The second kappa shape index (κ2) is 3.86. The first kappa shape index (κ1) is 10.5. The van der Waals surface area contributed by atoms with Crippen molar-refractivity contribution in [3.05, 3.63) is 28.8 Å². The van der Waals surface area contributed by atoms with Crippen LogP contribution in [0, 0.1) is 13.8 Å². The van der Waals surface area contributed by atoms with Crippen molar-refractivity contribution in [1.29, 1.82) is 0 Å². The molecule has 1 N–H and O–H groups in total. The third kappa shape index (κ3) is 2.00. The Kier molecular flexibility index (Phi) is 2.70. The lowest BCUT2D eigenvalue weighted by atomic mass is 10.0. The van der Waals surface area contributed by atoms with Crippen molar-refractivity contribution < 1.29 is 4.74 Å². The van der Waals surface area contributed by atoms with Gasteiger partial charge in [-0.25, -0.2) is 0 Å². The Morgan fingerprint density at radius 3 is 2.73 bits per heavy atom. The van der Waals surface area contributed by atoms with E-state index in [-0.39, 0.29) is 0 Å². The molecule has 0 bridgehead atoms. The fraction of sp³-hybridized carbons (Fsp3) is 0.538. The lowest BCUT2D eigenvalue weighted by Crippen LogP contribution is -2.28. The van der Waals surface area contributed by atoms with Crippen molar-refractivity contribution in [3.63, 3.8) is 0 Å². The third-order valence-electron chi connectivity index (χ3n) is 2.75. The first-order chi connectivity index (χ1) is 7.08. The van der Waals surface area contributed by atoms with Crippen LogP contribution >= 0.6 is 0 Å². The number of hydrogen-bond donors (Lipinski definition) is 1. The molecule has 2 heteroatoms. The summed E-state index contributed by atoms with van der Waals surface area (Å²) in [6.45, 7) is 9.35. The van der Waals surface area contributed by atoms with E-state index in [0.29, 0.717) is 12.1 Å². The van der Waals surface area contributed by atoms with E-state index in [2.05, 4.69) is 45.1 Å². The van der Waals surface area contributed by atoms with Gasteiger partial charge in [0, 0.05) is 11.6 Å². The molecule has 2 rings (SSSR count). The molecule has 1 aliphatic heterocycles. The molecule has 1 atom stereocenters. The van der Waals surface area contributed by atoms with Gasteiger partial charge < -0.3 is 10.1 Å². The van der Waals surface area contributed by atoms with Gasteiger partial charge >= 0.3 is 0 Å². The highest BCUT2D eigenvalue weighted by Gasteiger charge is 2.25. The summed E-state index contributed by atoms with van der Waals surface area (Å²) < 4.78 is 5.74. The molecule has 0 aromatic heterocycles. The van der Waals surface area contributed by atoms with Gasteiger partial charge in [0.05, 0.1) is 6.04 Å². The Labute approximate surface area is 91.6 Å². The van der Waals surface area contributed by atoms with Gasteiger partial charge in [0.2, 0.25) is 0 Å². The molecule has 0 aliphatic carbocycles. The quantitative estimate of drug-likeness (QED) is 0.801. The van der Waals surface area contributed by atoms with Gasteiger partial charge in [0.1, 0.15) is 12.4 Å². The van der Waals surface area contributed by atoms with E-state index >= 15 is 0 Å². The summed E-state index contributed by atoms with van der Waals surface area (Å²) in [6, 6.07) is 5.26. The molecule has 1 aliphatic rings. The molecule has 0 fully saturated rings. The van der Waals surface area contributed by atoms with E-state index < -0.39 is 0 Å². The average Bonchev–Trinajstić information content (AvgIpc) is 2.48. The fourth-order valence-electron chi connectivity index (χ4n) is 2.24. The van der Waals surface area contributed by atoms with E-state index in [4.69, 9.17) is 4.74 Å². The molecule has 0 spiro atoms. The molecule has 0 saturated heterocycles. The van der Waals surface area contributed by atoms with Gasteiger partial charge in [0.25, 0.3) is 0 Å². The standard InChI is InChI=1S/C13H19NO/c1-8(2)14-12-7-15-13-10(4)5-9(3)6-11(12)13/h5-6,8,12,14H,7H2,1-4H3. The van der Waals surface area contributed by atoms with Gasteiger partial charge in [-0.2, -0.15) is 0 Å². The average molecular weight is 205 g/mol. The number of aryl methyl sites for hydroxylation is 2. The highest BCUT2D eigenvalue weighted by atomic mass is 16.5. The normalized spacial score (nSPS) is 19.1. The van der Waals surface area contributed by atoms with Crippen LogP contribution in [0.1, 0.15) is 36.6 Å². The highest BCUT2D eigenvalue weighted by Crippen LogP contribution is 2.36. The van der Waals surface area contributed by atoms with Crippen LogP contribution in [-0.4, -0.2) is 12.6 Å². The minimum Gasteiger partial charge on any atom is -0.491 e. The molecular formula is C13H19NO. The predicted molar refractivity (Wildman–Crippen MR) is 62.4 cm³/mol. The van der Waals surface area contributed by atoms with Crippen molar-refractivity contribution in [1.82, 2.24) is 5.32 Å². The smallest absolute Gasteiger partial charge is 0.127 e. The first-order valence-electron chi connectivity index (χ1n) is 5.58. The summed E-state index contributed by atoms with van der Waals surface area (Å²) in [6.07, 6.45) is 0. The van der Waals surface area contributed by atoms with Crippen molar-refractivity contribution in [2.24, 2.45) is 0 Å². The van der Waals surface area contributed by atoms with Crippen molar-refractivity contribution in [2.75, 3.05) is 6.61 Å². The minimum absolute atomic E-state index is 0.360. The van der Waals surface area contributed by atoms with Crippen molar-refractivity contribution >= 4 is 0 Å². The monoisotopic (exact) mass is 205 g/mol. The summed E-state index contributed by atoms with van der Waals surface area (Å²) in [4.78, 5) is 0. The predicted octanol–water partition coefficient (Wildman–Crippen LogP) is 2.73. The number of rotatable bonds is 2.